The van der Waals surface area contributed by atoms with Crippen LogP contribution in [0.2, 0.25) is 5.02 Å². The van der Waals surface area contributed by atoms with Crippen LogP contribution < -0.4 is 14.8 Å². The molecule has 25 heavy (non-hydrogen) atoms. The lowest BCUT2D eigenvalue weighted by atomic mass is 10.2. The Labute approximate surface area is 150 Å². The van der Waals surface area contributed by atoms with Crippen LogP contribution in [-0.4, -0.2) is 19.1 Å². The molecule has 0 spiro atoms. The van der Waals surface area contributed by atoms with Gasteiger partial charge in [0.25, 0.3) is 0 Å². The minimum Gasteiger partial charge on any atom is -0.489 e. The van der Waals surface area contributed by atoms with Gasteiger partial charge in [0.1, 0.15) is 5.82 Å². The van der Waals surface area contributed by atoms with Crippen molar-refractivity contribution in [3.8, 4) is 11.5 Å². The van der Waals surface area contributed by atoms with E-state index in [0.29, 0.717) is 35.3 Å². The predicted molar refractivity (Wildman–Crippen MR) is 94.3 cm³/mol. The van der Waals surface area contributed by atoms with Crippen LogP contribution in [0.15, 0.2) is 42.5 Å². The molecular weight excluding hydrogens is 345 g/mol. The molecule has 0 bridgehead atoms. The average Bonchev–Trinajstić information content (AvgIpc) is 2.85. The zero-order valence-corrected chi connectivity index (χ0v) is 14.2. The van der Waals surface area contributed by atoms with Crippen molar-refractivity contribution in [1.29, 1.82) is 0 Å². The van der Waals surface area contributed by atoms with Gasteiger partial charge in [0, 0.05) is 24.6 Å². The summed E-state index contributed by atoms with van der Waals surface area (Å²) in [5.74, 6) is 0.414. The molecule has 0 radical (unpaired) electrons. The van der Waals surface area contributed by atoms with Crippen molar-refractivity contribution in [1.82, 2.24) is 5.32 Å². The van der Waals surface area contributed by atoms with Gasteiger partial charge in [-0.2, -0.15) is 0 Å². The molecule has 0 atom stereocenters. The first kappa shape index (κ1) is 17.3. The first-order chi connectivity index (χ1) is 12.1. The maximum atomic E-state index is 13.5. The second kappa shape index (κ2) is 8.03. The molecular formula is C19H17ClFNO3. The number of fused-ring (bicyclic) bond motifs is 1. The van der Waals surface area contributed by atoms with Crippen LogP contribution in [0.1, 0.15) is 17.5 Å². The third kappa shape index (κ3) is 4.51. The van der Waals surface area contributed by atoms with E-state index >= 15 is 0 Å². The van der Waals surface area contributed by atoms with E-state index in [0.717, 1.165) is 12.0 Å². The SMILES string of the molecule is O=C(/C=C/c1ccccc1F)NCc1cc(Cl)c2c(c1)OCCCO2. The number of halogens is 2. The number of hydrogen-bond acceptors (Lipinski definition) is 3. The van der Waals surface area contributed by atoms with Gasteiger partial charge in [-0.25, -0.2) is 4.39 Å². The molecule has 1 aliphatic rings. The van der Waals surface area contributed by atoms with Crippen molar-refractivity contribution >= 4 is 23.6 Å². The van der Waals surface area contributed by atoms with Gasteiger partial charge in [0.2, 0.25) is 5.91 Å². The molecule has 4 nitrogen and oxygen atoms in total. The fourth-order valence-corrected chi connectivity index (χ4v) is 2.70. The van der Waals surface area contributed by atoms with Gasteiger partial charge >= 0.3 is 0 Å². The Hall–Kier alpha value is -2.53. The Morgan fingerprint density at radius 2 is 2.04 bits per heavy atom. The first-order valence-electron chi connectivity index (χ1n) is 7.92. The molecule has 1 amide bonds. The molecule has 1 N–H and O–H groups in total. The summed E-state index contributed by atoms with van der Waals surface area (Å²) in [6.07, 6.45) is 3.52. The minimum absolute atomic E-state index is 0.275. The lowest BCUT2D eigenvalue weighted by Gasteiger charge is -2.11. The summed E-state index contributed by atoms with van der Waals surface area (Å²) in [6.45, 7) is 1.39. The van der Waals surface area contributed by atoms with Gasteiger partial charge in [-0.15, -0.1) is 0 Å². The molecule has 3 rings (SSSR count). The first-order valence-corrected chi connectivity index (χ1v) is 8.30. The van der Waals surface area contributed by atoms with Crippen molar-refractivity contribution in [2.45, 2.75) is 13.0 Å². The number of carbonyl (C=O) groups excluding carboxylic acids is 1. The number of hydrogen-bond donors (Lipinski definition) is 1. The van der Waals surface area contributed by atoms with Crippen molar-refractivity contribution in [3.63, 3.8) is 0 Å². The van der Waals surface area contributed by atoms with Crippen LogP contribution >= 0.6 is 11.6 Å². The standard InChI is InChI=1S/C19H17ClFNO3/c20-15-10-13(11-17-19(15)25-9-3-8-24-17)12-22-18(23)7-6-14-4-1-2-5-16(14)21/h1-2,4-7,10-11H,3,8-9,12H2,(H,22,23)/b7-6+. The van der Waals surface area contributed by atoms with Crippen LogP contribution in [0.4, 0.5) is 4.39 Å². The highest BCUT2D eigenvalue weighted by Gasteiger charge is 2.15. The second-order valence-electron chi connectivity index (χ2n) is 5.53. The van der Waals surface area contributed by atoms with Crippen LogP contribution in [-0.2, 0) is 11.3 Å². The van der Waals surface area contributed by atoms with Gasteiger partial charge < -0.3 is 14.8 Å². The molecule has 130 valence electrons. The zero-order chi connectivity index (χ0) is 17.6. The topological polar surface area (TPSA) is 47.6 Å². The van der Waals surface area contributed by atoms with Crippen LogP contribution in [0.25, 0.3) is 6.08 Å². The van der Waals surface area contributed by atoms with E-state index in [9.17, 15) is 9.18 Å². The summed E-state index contributed by atoms with van der Waals surface area (Å²) >= 11 is 6.22. The molecule has 0 fully saturated rings. The largest absolute Gasteiger partial charge is 0.489 e. The van der Waals surface area contributed by atoms with Crippen molar-refractivity contribution < 1.29 is 18.7 Å². The highest BCUT2D eigenvalue weighted by molar-refractivity contribution is 6.32. The third-order valence-corrected chi connectivity index (χ3v) is 3.93. The van der Waals surface area contributed by atoms with Crippen molar-refractivity contribution in [2.75, 3.05) is 13.2 Å². The van der Waals surface area contributed by atoms with Crippen LogP contribution in [0.3, 0.4) is 0 Å². The summed E-state index contributed by atoms with van der Waals surface area (Å²) in [5, 5.41) is 3.18. The highest BCUT2D eigenvalue weighted by Crippen LogP contribution is 2.37. The van der Waals surface area contributed by atoms with E-state index < -0.39 is 0 Å². The Kier molecular flexibility index (Phi) is 5.56. The lowest BCUT2D eigenvalue weighted by molar-refractivity contribution is -0.116. The third-order valence-electron chi connectivity index (χ3n) is 3.65. The number of amides is 1. The molecule has 0 saturated carbocycles. The maximum Gasteiger partial charge on any atom is 0.244 e. The fraction of sp³-hybridized carbons (Fsp3) is 0.211. The summed E-state index contributed by atoms with van der Waals surface area (Å²) in [5.41, 5.74) is 1.15. The van der Waals surface area contributed by atoms with Gasteiger partial charge in [-0.1, -0.05) is 29.8 Å². The maximum absolute atomic E-state index is 13.5. The van der Waals surface area contributed by atoms with E-state index in [1.54, 1.807) is 30.3 Å². The molecule has 0 saturated heterocycles. The summed E-state index contributed by atoms with van der Waals surface area (Å²) in [4.78, 5) is 11.9. The second-order valence-corrected chi connectivity index (χ2v) is 5.94. The average molecular weight is 362 g/mol. The Bertz CT molecular complexity index is 807. The van der Waals surface area contributed by atoms with Gasteiger partial charge in [0.15, 0.2) is 11.5 Å². The number of rotatable bonds is 4. The Balaban J connectivity index is 1.63. The smallest absolute Gasteiger partial charge is 0.244 e. The van der Waals surface area contributed by atoms with Gasteiger partial charge in [-0.05, 0) is 29.8 Å². The molecule has 0 unspecified atom stereocenters. The van der Waals surface area contributed by atoms with E-state index in [-0.39, 0.29) is 18.3 Å². The number of benzene rings is 2. The highest BCUT2D eigenvalue weighted by atomic mass is 35.5. The van der Waals surface area contributed by atoms with Crippen LogP contribution in [0.5, 0.6) is 11.5 Å². The summed E-state index contributed by atoms with van der Waals surface area (Å²) < 4.78 is 24.7. The van der Waals surface area contributed by atoms with E-state index in [4.69, 9.17) is 21.1 Å². The fourth-order valence-electron chi connectivity index (χ4n) is 2.41. The molecule has 0 aromatic heterocycles. The molecule has 1 heterocycles. The van der Waals surface area contributed by atoms with Crippen molar-refractivity contribution in [2.24, 2.45) is 0 Å². The normalized spacial score (nSPS) is 13.5. The molecule has 2 aromatic rings. The quantitative estimate of drug-likeness (QED) is 0.838. The minimum atomic E-state index is -0.374. The Morgan fingerprint density at radius 3 is 2.88 bits per heavy atom. The number of nitrogens with one attached hydrogen (secondary N) is 1. The van der Waals surface area contributed by atoms with Crippen molar-refractivity contribution in [3.05, 3.63) is 64.4 Å². The lowest BCUT2D eigenvalue weighted by Crippen LogP contribution is -2.20. The monoisotopic (exact) mass is 361 g/mol. The number of carbonyl (C=O) groups is 1. The zero-order valence-electron chi connectivity index (χ0n) is 13.4. The molecule has 0 aliphatic carbocycles. The van der Waals surface area contributed by atoms with E-state index in [1.807, 2.05) is 0 Å². The van der Waals surface area contributed by atoms with Gasteiger partial charge in [0.05, 0.1) is 18.2 Å². The molecule has 1 aliphatic heterocycles. The van der Waals surface area contributed by atoms with E-state index in [2.05, 4.69) is 5.32 Å². The molecule has 6 heteroatoms. The van der Waals surface area contributed by atoms with E-state index in [1.165, 1.54) is 18.2 Å². The van der Waals surface area contributed by atoms with Gasteiger partial charge in [-0.3, -0.25) is 4.79 Å². The molecule has 2 aromatic carbocycles. The number of ether oxygens (including phenoxy) is 2. The summed E-state index contributed by atoms with van der Waals surface area (Å²) in [7, 11) is 0. The Morgan fingerprint density at radius 1 is 1.24 bits per heavy atom. The predicted octanol–water partition coefficient (Wildman–Crippen LogP) is 3.97. The summed E-state index contributed by atoms with van der Waals surface area (Å²) in [6, 6.07) is 9.78. The van der Waals surface area contributed by atoms with Crippen LogP contribution in [0, 0.1) is 5.82 Å².